The normalized spacial score (nSPS) is 15.2. The van der Waals surface area contributed by atoms with Gasteiger partial charge in [0, 0.05) is 87.2 Å². The zero-order valence-corrected chi connectivity index (χ0v) is 62.6. The number of para-hydroxylation sites is 5. The van der Waals surface area contributed by atoms with Gasteiger partial charge in [0.1, 0.15) is 40.2 Å². The highest BCUT2D eigenvalue weighted by atomic mass is 32.2. The number of aromatic nitrogens is 6. The highest BCUT2D eigenvalue weighted by Gasteiger charge is 2.36. The monoisotopic (exact) mass is 1450 g/mol. The van der Waals surface area contributed by atoms with Gasteiger partial charge in [-0.1, -0.05) is 128 Å². The van der Waals surface area contributed by atoms with Crippen LogP contribution in [-0.2, 0) is 16.4 Å². The number of piperidine rings is 2. The van der Waals surface area contributed by atoms with E-state index < -0.39 is 10.0 Å². The van der Waals surface area contributed by atoms with Crippen molar-refractivity contribution in [1.82, 2.24) is 40.5 Å². The van der Waals surface area contributed by atoms with Gasteiger partial charge >= 0.3 is 0 Å². The fraction of sp³-hybridized carbons (Fsp3) is 0.302. The van der Waals surface area contributed by atoms with E-state index in [9.17, 15) is 12.8 Å². The first kappa shape index (κ1) is 72.9. The highest BCUT2D eigenvalue weighted by Crippen LogP contribution is 2.48. The lowest BCUT2D eigenvalue weighted by molar-refractivity contribution is 0.139. The molecule has 9 aromatic carbocycles. The molecule has 3 aromatic heterocycles. The van der Waals surface area contributed by atoms with E-state index in [0.717, 1.165) is 148 Å². The summed E-state index contributed by atoms with van der Waals surface area (Å²) in [6, 6.07) is 54.9. The van der Waals surface area contributed by atoms with Crippen LogP contribution in [0.4, 0.5) is 45.0 Å². The maximum atomic E-state index is 14.5. The van der Waals surface area contributed by atoms with E-state index in [1.165, 1.54) is 77.1 Å². The summed E-state index contributed by atoms with van der Waals surface area (Å²) in [5.74, 6) is 6.66. The number of nitrogens with zero attached hydrogens (tertiary/aromatic N) is 7. The number of rotatable bonds is 18. The second kappa shape index (κ2) is 32.4. The second-order valence-corrected chi connectivity index (χ2v) is 30.3. The van der Waals surface area contributed by atoms with Gasteiger partial charge in [-0.2, -0.15) is 0 Å². The van der Waals surface area contributed by atoms with Gasteiger partial charge in [0.25, 0.3) is 0 Å². The predicted octanol–water partition coefficient (Wildman–Crippen LogP) is 18.4. The third kappa shape index (κ3) is 16.4. The van der Waals surface area contributed by atoms with Gasteiger partial charge in [0.2, 0.25) is 27.9 Å². The molecule has 19 nitrogen and oxygen atoms in total. The largest absolute Gasteiger partial charge is 0.496 e. The zero-order valence-electron chi connectivity index (χ0n) is 61.8. The number of sulfonamides is 1. The average Bonchev–Trinajstić information content (AvgIpc) is 1.74. The molecule has 3 fully saturated rings. The van der Waals surface area contributed by atoms with Crippen LogP contribution in [0.15, 0.2) is 188 Å². The van der Waals surface area contributed by atoms with Crippen LogP contribution in [0.3, 0.4) is 0 Å². The highest BCUT2D eigenvalue weighted by molar-refractivity contribution is 7.92. The zero-order chi connectivity index (χ0) is 74.2. The maximum absolute atomic E-state index is 14.5. The quantitative estimate of drug-likeness (QED) is 0.0539. The molecule has 0 atom stereocenters. The first-order chi connectivity index (χ1) is 52.0. The molecule has 6 heterocycles. The molecule has 21 heteroatoms. The number of anilines is 7. The number of hydrogen-bond acceptors (Lipinski definition) is 18. The van der Waals surface area contributed by atoms with Crippen LogP contribution < -0.4 is 54.6 Å². The van der Waals surface area contributed by atoms with Crippen molar-refractivity contribution in [2.24, 2.45) is 0 Å². The number of hydrogen-bond donors (Lipinski definition) is 5. The standard InChI is InChI=1S/C30H31FN4O2.C28H31N5O3S.C28H29N3O2/c1-30(2)16-24-21(18-10-12-32-13-11-18)8-9-25(28(24)37-30)34-29-33-17-19-14-20(31)15-23(27(19)35-29)22-6-4-5-7-26(22)36-3;1-33(37(3,34)35)25-10-5-4-8-22(25)23-9-6-7-21-18-30-28(32-27(21)23)31-24-12-11-20(17-26(24)36-2)19-13-15-29-16-14-19;1-32-25-14-7-6-12-22(25)23-13-8-11-21-18-29-28(31-27(21)23)30-24-16-15-20(17-26(24)33-2)19-9-4-3-5-10-19/h4-9,14-15,17-18,32H,10-13,16H2,1-3H3,(H,33,34,35);4-12,17-19,29H,13-16H2,1-3H3,(H,30,31,32);6-8,11-19H,3-5,9-10H2,1-2H3,(H,29,30,31). The average molecular weight is 1460 g/mol. The van der Waals surface area contributed by atoms with Crippen LogP contribution in [0, 0.1) is 5.82 Å². The van der Waals surface area contributed by atoms with Gasteiger partial charge in [-0.3, -0.25) is 4.31 Å². The number of methoxy groups -OCH3 is 4. The van der Waals surface area contributed by atoms with Crippen molar-refractivity contribution >= 4 is 83.3 Å². The minimum atomic E-state index is -3.44. The summed E-state index contributed by atoms with van der Waals surface area (Å²) in [6.07, 6.45) is 18.3. The minimum absolute atomic E-state index is 0.277. The Balaban J connectivity index is 0.000000135. The van der Waals surface area contributed by atoms with Crippen LogP contribution in [0.2, 0.25) is 0 Å². The molecule has 1 saturated carbocycles. The molecular formula is C86H91FN12O7S. The molecule has 0 bridgehead atoms. The fourth-order valence-corrected chi connectivity index (χ4v) is 15.8. The molecule has 0 unspecified atom stereocenters. The van der Waals surface area contributed by atoms with E-state index in [2.05, 4.69) is 110 Å². The van der Waals surface area contributed by atoms with Crippen molar-refractivity contribution in [3.8, 4) is 62.1 Å². The van der Waals surface area contributed by atoms with E-state index in [1.807, 2.05) is 103 Å². The van der Waals surface area contributed by atoms with Crippen molar-refractivity contribution in [3.63, 3.8) is 0 Å². The lowest BCUT2D eigenvalue weighted by Crippen LogP contribution is -2.27. The summed E-state index contributed by atoms with van der Waals surface area (Å²) in [7, 11) is 4.80. The first-order valence-electron chi connectivity index (χ1n) is 36.7. The van der Waals surface area contributed by atoms with Crippen molar-refractivity contribution in [3.05, 3.63) is 217 Å². The minimum Gasteiger partial charge on any atom is -0.496 e. The number of halogens is 1. The first-order valence-corrected chi connectivity index (χ1v) is 38.6. The summed E-state index contributed by atoms with van der Waals surface area (Å²) < 4.78 is 69.5. The summed E-state index contributed by atoms with van der Waals surface area (Å²) in [4.78, 5) is 28.1. The van der Waals surface area contributed by atoms with Gasteiger partial charge < -0.3 is 50.3 Å². The number of fused-ring (bicyclic) bond motifs is 4. The smallest absolute Gasteiger partial charge is 0.232 e. The molecule has 3 aliphatic heterocycles. The lowest BCUT2D eigenvalue weighted by atomic mass is 9.84. The molecule has 4 aliphatic rings. The van der Waals surface area contributed by atoms with Gasteiger partial charge in [-0.15, -0.1) is 0 Å². The van der Waals surface area contributed by atoms with Gasteiger partial charge in [0.15, 0.2) is 0 Å². The van der Waals surface area contributed by atoms with E-state index >= 15 is 0 Å². The molecule has 0 amide bonds. The number of benzene rings is 9. The molecule has 2 saturated heterocycles. The van der Waals surface area contributed by atoms with E-state index in [-0.39, 0.29) is 11.4 Å². The van der Waals surface area contributed by atoms with Crippen molar-refractivity contribution < 1.29 is 36.5 Å². The van der Waals surface area contributed by atoms with E-state index in [4.69, 9.17) is 38.6 Å². The Bertz CT molecular complexity index is 5320. The Kier molecular flexibility index (Phi) is 22.1. The third-order valence-corrected chi connectivity index (χ3v) is 22.0. The SMILES string of the molecule is COc1cc(C2CCCCC2)ccc1Nc1ncc2cccc(-c3ccccc3OC)c2n1.COc1cc(C2CCNCC2)ccc1Nc1ncc2cccc(-c3ccccc3N(C)S(C)(=O)=O)c2n1.COc1ccccc1-c1cc(F)cc2cnc(Nc3ccc(C4CCNCC4)c4c3OC(C)(C)C4)nc12. The topological polar surface area (TPSA) is 221 Å². The molecule has 0 radical (unpaired) electrons. The number of ether oxygens (including phenoxy) is 5. The predicted molar refractivity (Wildman–Crippen MR) is 427 cm³/mol. The summed E-state index contributed by atoms with van der Waals surface area (Å²) >= 11 is 0. The molecule has 107 heavy (non-hydrogen) atoms. The Morgan fingerprint density at radius 3 is 1.47 bits per heavy atom. The fourth-order valence-electron chi connectivity index (χ4n) is 15.3. The summed E-state index contributed by atoms with van der Waals surface area (Å²) in [5, 5.41) is 19.4. The van der Waals surface area contributed by atoms with Crippen molar-refractivity contribution in [2.75, 3.05) is 88.2 Å². The molecule has 0 spiro atoms. The van der Waals surface area contributed by atoms with Crippen LogP contribution >= 0.6 is 0 Å². The van der Waals surface area contributed by atoms with Crippen LogP contribution in [0.25, 0.3) is 66.1 Å². The van der Waals surface area contributed by atoms with E-state index in [1.54, 1.807) is 53.9 Å². The van der Waals surface area contributed by atoms with Crippen molar-refractivity contribution in [2.45, 2.75) is 101 Å². The van der Waals surface area contributed by atoms with Gasteiger partial charge in [0.05, 0.1) is 74.0 Å². The van der Waals surface area contributed by atoms with Crippen LogP contribution in [-0.4, -0.2) is 112 Å². The van der Waals surface area contributed by atoms with Gasteiger partial charge in [-0.05, 0) is 174 Å². The molecular weight excluding hydrogens is 1360 g/mol. The Hall–Kier alpha value is -11.0. The van der Waals surface area contributed by atoms with Crippen molar-refractivity contribution in [1.29, 1.82) is 0 Å². The summed E-state index contributed by atoms with van der Waals surface area (Å²) in [5.41, 5.74) is 15.4. The Morgan fingerprint density at radius 1 is 0.477 bits per heavy atom. The lowest BCUT2D eigenvalue weighted by Gasteiger charge is -2.25. The maximum Gasteiger partial charge on any atom is 0.232 e. The van der Waals surface area contributed by atoms with Crippen LogP contribution in [0.1, 0.15) is 112 Å². The third-order valence-electron chi connectivity index (χ3n) is 20.8. The second-order valence-electron chi connectivity index (χ2n) is 28.3. The molecule has 5 N–H and O–H groups in total. The van der Waals surface area contributed by atoms with E-state index in [0.29, 0.717) is 63.5 Å². The molecule has 16 rings (SSSR count). The molecule has 1 aliphatic carbocycles. The molecule has 12 aromatic rings. The van der Waals surface area contributed by atoms with Gasteiger partial charge in [-0.25, -0.2) is 42.7 Å². The molecule has 550 valence electrons. The van der Waals surface area contributed by atoms with Crippen LogP contribution in [0.5, 0.6) is 28.7 Å². The summed E-state index contributed by atoms with van der Waals surface area (Å²) in [6.45, 7) is 8.41. The Morgan fingerprint density at radius 2 is 0.925 bits per heavy atom. The Labute approximate surface area is 625 Å². The number of nitrogens with one attached hydrogen (secondary N) is 5.